The third-order valence-electron chi connectivity index (χ3n) is 2.46. The molecule has 0 bridgehead atoms. The molecule has 2 aromatic rings. The van der Waals surface area contributed by atoms with Gasteiger partial charge in [0, 0.05) is 10.9 Å². The Bertz CT molecular complexity index is 554. The van der Waals surface area contributed by atoms with E-state index in [1.54, 1.807) is 11.3 Å². The van der Waals surface area contributed by atoms with Crippen molar-refractivity contribution in [2.24, 2.45) is 0 Å². The summed E-state index contributed by atoms with van der Waals surface area (Å²) in [6.07, 6.45) is -0.186. The summed E-state index contributed by atoms with van der Waals surface area (Å²) in [6, 6.07) is 8.06. The highest BCUT2D eigenvalue weighted by atomic mass is 32.1. The van der Waals surface area contributed by atoms with Gasteiger partial charge in [-0.05, 0) is 24.4 Å². The number of nitrogens with two attached hydrogens (primary N) is 1. The Kier molecular flexibility index (Phi) is 3.47. The quantitative estimate of drug-likeness (QED) is 0.521. The third-order valence-corrected chi connectivity index (χ3v) is 3.49. The number of nitrogens with zero attached hydrogens (tertiary/aromatic N) is 1. The average molecular weight is 264 g/mol. The Morgan fingerprint density at radius 1 is 1.44 bits per heavy atom. The summed E-state index contributed by atoms with van der Waals surface area (Å²) >= 11 is 1.57. The van der Waals surface area contributed by atoms with Gasteiger partial charge in [-0.2, -0.15) is 0 Å². The van der Waals surface area contributed by atoms with Crippen LogP contribution in [0.15, 0.2) is 35.7 Å². The lowest BCUT2D eigenvalue weighted by molar-refractivity contribution is -0.384. The Morgan fingerprint density at radius 2 is 2.22 bits per heavy atom. The van der Waals surface area contributed by atoms with Crippen LogP contribution in [0.1, 0.15) is 17.9 Å². The lowest BCUT2D eigenvalue weighted by Gasteiger charge is -2.14. The van der Waals surface area contributed by atoms with E-state index in [1.807, 2.05) is 24.4 Å². The standard InChI is InChI=1S/C12H12N2O3S/c1-8(12-3-2-6-18-12)17-11-7-9(14(15)16)4-5-10(11)13/h2-8H,13H2,1H3. The number of hydrogen-bond donors (Lipinski definition) is 1. The molecule has 0 aliphatic rings. The molecule has 0 aliphatic heterocycles. The molecule has 1 aromatic carbocycles. The average Bonchev–Trinajstić information content (AvgIpc) is 2.85. The first-order valence-corrected chi connectivity index (χ1v) is 6.20. The number of nitrogen functional groups attached to an aromatic ring is 1. The maximum absolute atomic E-state index is 10.7. The van der Waals surface area contributed by atoms with Crippen LogP contribution in [0.4, 0.5) is 11.4 Å². The molecule has 0 amide bonds. The van der Waals surface area contributed by atoms with Crippen LogP contribution in [-0.2, 0) is 0 Å². The maximum Gasteiger partial charge on any atom is 0.273 e. The summed E-state index contributed by atoms with van der Waals surface area (Å²) in [5.41, 5.74) is 6.11. The largest absolute Gasteiger partial charge is 0.483 e. The van der Waals surface area contributed by atoms with Crippen LogP contribution in [-0.4, -0.2) is 4.92 Å². The van der Waals surface area contributed by atoms with Gasteiger partial charge < -0.3 is 10.5 Å². The van der Waals surface area contributed by atoms with Crippen molar-refractivity contribution in [2.75, 3.05) is 5.73 Å². The molecular formula is C12H12N2O3S. The molecule has 1 heterocycles. The zero-order valence-corrected chi connectivity index (χ0v) is 10.5. The van der Waals surface area contributed by atoms with Crippen molar-refractivity contribution in [1.29, 1.82) is 0 Å². The van der Waals surface area contributed by atoms with E-state index in [-0.39, 0.29) is 11.8 Å². The van der Waals surface area contributed by atoms with E-state index in [1.165, 1.54) is 18.2 Å². The van der Waals surface area contributed by atoms with Gasteiger partial charge in [0.25, 0.3) is 5.69 Å². The summed E-state index contributed by atoms with van der Waals surface area (Å²) < 4.78 is 5.66. The Labute approximate surface area is 108 Å². The zero-order chi connectivity index (χ0) is 13.1. The number of benzene rings is 1. The molecule has 2 N–H and O–H groups in total. The molecule has 0 fully saturated rings. The zero-order valence-electron chi connectivity index (χ0n) is 9.70. The van der Waals surface area contributed by atoms with E-state index in [2.05, 4.69) is 0 Å². The summed E-state index contributed by atoms with van der Waals surface area (Å²) in [4.78, 5) is 11.3. The van der Waals surface area contributed by atoms with Crippen LogP contribution in [0.25, 0.3) is 0 Å². The fourth-order valence-electron chi connectivity index (χ4n) is 1.51. The molecule has 0 saturated carbocycles. The minimum absolute atomic E-state index is 0.0300. The second-order valence-electron chi connectivity index (χ2n) is 3.75. The lowest BCUT2D eigenvalue weighted by atomic mass is 10.2. The van der Waals surface area contributed by atoms with Crippen molar-refractivity contribution in [1.82, 2.24) is 0 Å². The summed E-state index contributed by atoms with van der Waals surface area (Å²) in [6.45, 7) is 1.88. The normalized spacial score (nSPS) is 12.1. The number of hydrogen-bond acceptors (Lipinski definition) is 5. The van der Waals surface area contributed by atoms with Crippen LogP contribution in [0.2, 0.25) is 0 Å². The van der Waals surface area contributed by atoms with Crippen molar-refractivity contribution in [3.63, 3.8) is 0 Å². The molecule has 94 valence electrons. The van der Waals surface area contributed by atoms with Crippen LogP contribution in [0, 0.1) is 10.1 Å². The second kappa shape index (κ2) is 5.05. The molecule has 0 aliphatic carbocycles. The lowest BCUT2D eigenvalue weighted by Crippen LogP contribution is -2.03. The van der Waals surface area contributed by atoms with Crippen molar-refractivity contribution >= 4 is 22.7 Å². The summed E-state index contributed by atoms with van der Waals surface area (Å²) in [5.74, 6) is 0.338. The molecule has 18 heavy (non-hydrogen) atoms. The number of anilines is 1. The number of nitro benzene ring substituents is 1. The minimum atomic E-state index is -0.470. The Morgan fingerprint density at radius 3 is 2.83 bits per heavy atom. The molecule has 0 radical (unpaired) electrons. The summed E-state index contributed by atoms with van der Waals surface area (Å²) in [7, 11) is 0. The highest BCUT2D eigenvalue weighted by molar-refractivity contribution is 7.10. The van der Waals surface area contributed by atoms with Gasteiger partial charge in [0.2, 0.25) is 0 Å². The molecule has 1 atom stereocenters. The molecule has 0 spiro atoms. The number of thiophene rings is 1. The van der Waals surface area contributed by atoms with Gasteiger partial charge >= 0.3 is 0 Å². The van der Waals surface area contributed by atoms with Crippen LogP contribution >= 0.6 is 11.3 Å². The number of rotatable bonds is 4. The van der Waals surface area contributed by atoms with Gasteiger partial charge in [0.1, 0.15) is 11.9 Å². The SMILES string of the molecule is CC(Oc1cc([N+](=O)[O-])ccc1N)c1cccs1. The first-order valence-electron chi connectivity index (χ1n) is 5.32. The van der Waals surface area contributed by atoms with Crippen molar-refractivity contribution in [3.8, 4) is 5.75 Å². The van der Waals surface area contributed by atoms with Gasteiger partial charge in [-0.15, -0.1) is 11.3 Å². The van der Waals surface area contributed by atoms with E-state index in [4.69, 9.17) is 10.5 Å². The van der Waals surface area contributed by atoms with Gasteiger partial charge in [0.15, 0.2) is 0 Å². The topological polar surface area (TPSA) is 78.4 Å². The van der Waals surface area contributed by atoms with Crippen LogP contribution < -0.4 is 10.5 Å². The van der Waals surface area contributed by atoms with E-state index in [0.717, 1.165) is 4.88 Å². The summed E-state index contributed by atoms with van der Waals surface area (Å²) in [5, 5.41) is 12.6. The maximum atomic E-state index is 10.7. The van der Waals surface area contributed by atoms with Crippen molar-refractivity contribution in [2.45, 2.75) is 13.0 Å². The Hall–Kier alpha value is -2.08. The number of non-ortho nitro benzene ring substituents is 1. The predicted molar refractivity (Wildman–Crippen MR) is 70.9 cm³/mol. The molecule has 5 nitrogen and oxygen atoms in total. The highest BCUT2D eigenvalue weighted by Gasteiger charge is 2.14. The van der Waals surface area contributed by atoms with E-state index >= 15 is 0 Å². The first kappa shape index (κ1) is 12.4. The predicted octanol–water partition coefficient (Wildman–Crippen LogP) is 3.38. The number of ether oxygens (including phenoxy) is 1. The fourth-order valence-corrected chi connectivity index (χ4v) is 2.22. The van der Waals surface area contributed by atoms with E-state index in [0.29, 0.717) is 11.4 Å². The third kappa shape index (κ3) is 2.60. The monoisotopic (exact) mass is 264 g/mol. The molecule has 1 aromatic heterocycles. The first-order chi connectivity index (χ1) is 8.58. The molecule has 6 heteroatoms. The molecule has 1 unspecified atom stereocenters. The van der Waals surface area contributed by atoms with Crippen LogP contribution in [0.5, 0.6) is 5.75 Å². The van der Waals surface area contributed by atoms with Crippen molar-refractivity contribution in [3.05, 3.63) is 50.7 Å². The van der Waals surface area contributed by atoms with Crippen molar-refractivity contribution < 1.29 is 9.66 Å². The highest BCUT2D eigenvalue weighted by Crippen LogP contribution is 2.31. The van der Waals surface area contributed by atoms with Gasteiger partial charge in [0.05, 0.1) is 16.7 Å². The number of nitro groups is 1. The Balaban J connectivity index is 2.23. The van der Waals surface area contributed by atoms with Crippen LogP contribution in [0.3, 0.4) is 0 Å². The minimum Gasteiger partial charge on any atom is -0.483 e. The second-order valence-corrected chi connectivity index (χ2v) is 4.73. The molecular weight excluding hydrogens is 252 g/mol. The molecule has 2 rings (SSSR count). The van der Waals surface area contributed by atoms with E-state index < -0.39 is 4.92 Å². The van der Waals surface area contributed by atoms with Gasteiger partial charge in [-0.1, -0.05) is 6.07 Å². The van der Waals surface area contributed by atoms with E-state index in [9.17, 15) is 10.1 Å². The fraction of sp³-hybridized carbons (Fsp3) is 0.167. The smallest absolute Gasteiger partial charge is 0.273 e. The molecule has 0 saturated heterocycles. The van der Waals surface area contributed by atoms with Gasteiger partial charge in [-0.3, -0.25) is 10.1 Å². The van der Waals surface area contributed by atoms with Gasteiger partial charge in [-0.25, -0.2) is 0 Å².